The quantitative estimate of drug-likeness (QED) is 0.574. The van der Waals surface area contributed by atoms with Crippen LogP contribution in [0.3, 0.4) is 0 Å². The maximum atomic E-state index is 8.96. The van der Waals surface area contributed by atoms with E-state index in [1.807, 2.05) is 25.1 Å². The predicted molar refractivity (Wildman–Crippen MR) is 101 cm³/mol. The molecule has 1 saturated heterocycles. The number of aromatic nitrogens is 1. The van der Waals surface area contributed by atoms with Gasteiger partial charge in [-0.3, -0.25) is 0 Å². The fourth-order valence-electron chi connectivity index (χ4n) is 3.86. The third-order valence-corrected chi connectivity index (χ3v) is 4.95. The van der Waals surface area contributed by atoms with Gasteiger partial charge in [-0.05, 0) is 57.2 Å². The molecule has 1 unspecified atom stereocenters. The predicted octanol–water partition coefficient (Wildman–Crippen LogP) is 5.69. The minimum Gasteiger partial charge on any atom is -0.436 e. The number of nitrogens with zero attached hydrogens (tertiary/aromatic N) is 2. The molecule has 1 atom stereocenters. The van der Waals surface area contributed by atoms with Crippen LogP contribution in [-0.2, 0) is 0 Å². The lowest BCUT2D eigenvalue weighted by Crippen LogP contribution is -2.43. The van der Waals surface area contributed by atoms with Crippen LogP contribution in [0.5, 0.6) is 0 Å². The van der Waals surface area contributed by atoms with Crippen LogP contribution < -0.4 is 4.90 Å². The Bertz CT molecular complexity index is 1190. The molecule has 4 rings (SSSR count). The first-order chi connectivity index (χ1) is 14.5. The Balaban J connectivity index is 2.12. The van der Waals surface area contributed by atoms with Gasteiger partial charge in [0.15, 0.2) is 5.58 Å². The zero-order valence-corrected chi connectivity index (χ0v) is 14.3. The average molecular weight is 331 g/mol. The average Bonchev–Trinajstić information content (AvgIpc) is 3.05. The highest BCUT2D eigenvalue weighted by atomic mass is 16.3. The molecule has 0 saturated carbocycles. The Labute approximate surface area is 154 Å². The van der Waals surface area contributed by atoms with Crippen molar-refractivity contribution in [1.29, 1.82) is 0 Å². The Morgan fingerprint density at radius 2 is 2.08 bits per heavy atom. The summed E-state index contributed by atoms with van der Waals surface area (Å²) in [7, 11) is 0. The second-order valence-corrected chi connectivity index (χ2v) is 7.10. The van der Waals surface area contributed by atoms with Gasteiger partial charge in [0.25, 0.3) is 0 Å². The van der Waals surface area contributed by atoms with Crippen LogP contribution in [0, 0.1) is 12.3 Å². The van der Waals surface area contributed by atoms with Gasteiger partial charge in [0.1, 0.15) is 0 Å². The number of hydrogen-bond donors (Lipinski definition) is 0. The van der Waals surface area contributed by atoms with Crippen molar-refractivity contribution in [2.45, 2.75) is 59.4 Å². The molecule has 0 radical (unpaired) electrons. The zero-order valence-electron chi connectivity index (χ0n) is 22.3. The van der Waals surface area contributed by atoms with E-state index in [0.717, 1.165) is 16.3 Å². The molecule has 3 heteroatoms. The van der Waals surface area contributed by atoms with E-state index in [2.05, 4.69) is 4.98 Å². The van der Waals surface area contributed by atoms with Crippen molar-refractivity contribution < 1.29 is 15.4 Å². The highest BCUT2D eigenvalue weighted by molar-refractivity contribution is 6.08. The molecule has 3 nitrogen and oxygen atoms in total. The van der Waals surface area contributed by atoms with E-state index in [1.165, 1.54) is 6.92 Å². The summed E-state index contributed by atoms with van der Waals surface area (Å²) < 4.78 is 73.4. The summed E-state index contributed by atoms with van der Waals surface area (Å²) >= 11 is 0. The number of fused-ring (bicyclic) bond motifs is 3. The summed E-state index contributed by atoms with van der Waals surface area (Å²) in [6, 6.07) is 6.18. The largest absolute Gasteiger partial charge is 0.436 e. The molecule has 1 fully saturated rings. The van der Waals surface area contributed by atoms with E-state index in [9.17, 15) is 0 Å². The maximum Gasteiger partial charge on any atom is 0.227 e. The monoisotopic (exact) mass is 330 g/mol. The van der Waals surface area contributed by atoms with Gasteiger partial charge in [0, 0.05) is 39.5 Å². The van der Waals surface area contributed by atoms with Crippen LogP contribution in [0.25, 0.3) is 22.1 Å². The lowest BCUT2D eigenvalue weighted by atomic mass is 9.82. The normalized spacial score (nSPS) is 30.7. The van der Waals surface area contributed by atoms with E-state index in [4.69, 9.17) is 15.4 Å². The summed E-state index contributed by atoms with van der Waals surface area (Å²) in [6.07, 6.45) is -0.999. The molecule has 0 spiro atoms. The highest BCUT2D eigenvalue weighted by Gasteiger charge is 2.49. The van der Waals surface area contributed by atoms with Crippen LogP contribution in [0.4, 0.5) is 5.69 Å². The number of aryl methyl sites for hydroxylation is 1. The van der Waals surface area contributed by atoms with Crippen LogP contribution in [-0.4, -0.2) is 16.6 Å². The topological polar surface area (TPSA) is 29.3 Å². The summed E-state index contributed by atoms with van der Waals surface area (Å²) in [6.45, 7) is 0.238. The standard InChI is InChI=1S/C21H26N2O/c1-13-9-10-15-16-8-7-11-22-19(16)24-18(15)17(13)23-14(2)20(3,4)12-21(23,5)6/h7-11,14H,12H2,1-6H3/i3D3,4D3,12D2. The molecular formula is C21H26N2O. The van der Waals surface area contributed by atoms with E-state index >= 15 is 0 Å². The second-order valence-electron chi connectivity index (χ2n) is 7.10. The number of hydrogen-bond acceptors (Lipinski definition) is 3. The first-order valence-electron chi connectivity index (χ1n) is 12.1. The van der Waals surface area contributed by atoms with Crippen molar-refractivity contribution in [1.82, 2.24) is 4.98 Å². The molecular weight excluding hydrogens is 296 g/mol. The lowest BCUT2D eigenvalue weighted by Gasteiger charge is -2.38. The molecule has 3 heterocycles. The number of anilines is 1. The molecule has 0 N–H and O–H groups in total. The Kier molecular flexibility index (Phi) is 1.76. The molecule has 126 valence electrons. The molecule has 0 amide bonds. The van der Waals surface area contributed by atoms with Crippen LogP contribution in [0.15, 0.2) is 34.9 Å². The molecule has 24 heavy (non-hydrogen) atoms. The van der Waals surface area contributed by atoms with Gasteiger partial charge in [0.05, 0.1) is 5.69 Å². The third-order valence-electron chi connectivity index (χ3n) is 4.95. The van der Waals surface area contributed by atoms with Crippen LogP contribution >= 0.6 is 0 Å². The van der Waals surface area contributed by atoms with Crippen molar-refractivity contribution >= 4 is 27.8 Å². The molecule has 0 bridgehead atoms. The van der Waals surface area contributed by atoms with Crippen LogP contribution in [0.2, 0.25) is 0 Å². The van der Waals surface area contributed by atoms with E-state index < -0.39 is 37.1 Å². The number of rotatable bonds is 1. The number of benzene rings is 1. The van der Waals surface area contributed by atoms with Crippen molar-refractivity contribution in [3.05, 3.63) is 36.0 Å². The molecule has 1 aliphatic heterocycles. The smallest absolute Gasteiger partial charge is 0.227 e. The third kappa shape index (κ3) is 2.00. The van der Waals surface area contributed by atoms with Crippen molar-refractivity contribution in [2.24, 2.45) is 5.41 Å². The van der Waals surface area contributed by atoms with E-state index in [1.54, 1.807) is 31.0 Å². The molecule has 2 aromatic heterocycles. The van der Waals surface area contributed by atoms with Gasteiger partial charge in [0.2, 0.25) is 5.71 Å². The Morgan fingerprint density at radius 1 is 1.29 bits per heavy atom. The summed E-state index contributed by atoms with van der Waals surface area (Å²) in [4.78, 5) is 5.87. The van der Waals surface area contributed by atoms with Gasteiger partial charge in [-0.1, -0.05) is 25.8 Å². The minimum atomic E-state index is -3.09. The van der Waals surface area contributed by atoms with Gasteiger partial charge in [-0.2, -0.15) is 0 Å². The van der Waals surface area contributed by atoms with Gasteiger partial charge < -0.3 is 9.32 Å². The highest BCUT2D eigenvalue weighted by Crippen LogP contribution is 2.51. The minimum absolute atomic E-state index is 0.403. The Hall–Kier alpha value is -2.03. The SMILES string of the molecule is [2H]C([2H])([2H])C1(C([2H])([2H])[2H])C(C)N(c2c(C)ccc3c2oc2ncccc23)C(C)(C)C1([2H])[2H]. The lowest BCUT2D eigenvalue weighted by molar-refractivity contribution is 0.329. The summed E-state index contributed by atoms with van der Waals surface area (Å²) in [5.41, 5.74) is -2.08. The van der Waals surface area contributed by atoms with Gasteiger partial charge in [-0.15, -0.1) is 0 Å². The van der Waals surface area contributed by atoms with E-state index in [0.29, 0.717) is 17.0 Å². The first-order valence-corrected chi connectivity index (χ1v) is 8.08. The number of pyridine rings is 1. The maximum absolute atomic E-state index is 8.96. The molecule has 1 aliphatic rings. The molecule has 3 aromatic rings. The number of furan rings is 1. The van der Waals surface area contributed by atoms with Crippen LogP contribution in [0.1, 0.15) is 57.4 Å². The zero-order chi connectivity index (χ0) is 24.1. The van der Waals surface area contributed by atoms with Gasteiger partial charge >= 0.3 is 0 Å². The fraction of sp³-hybridized carbons (Fsp3) is 0.476. The second kappa shape index (κ2) is 4.75. The van der Waals surface area contributed by atoms with Crippen molar-refractivity contribution in [2.75, 3.05) is 4.90 Å². The summed E-state index contributed by atoms with van der Waals surface area (Å²) in [5, 5.41) is 1.52. The summed E-state index contributed by atoms with van der Waals surface area (Å²) in [5.74, 6) is 0. The van der Waals surface area contributed by atoms with E-state index in [-0.39, 0.29) is 0 Å². The Morgan fingerprint density at radius 3 is 2.79 bits per heavy atom. The van der Waals surface area contributed by atoms with Crippen molar-refractivity contribution in [3.8, 4) is 0 Å². The van der Waals surface area contributed by atoms with Crippen molar-refractivity contribution in [3.63, 3.8) is 0 Å². The molecule has 0 aliphatic carbocycles. The van der Waals surface area contributed by atoms with Gasteiger partial charge in [-0.25, -0.2) is 4.98 Å². The molecule has 1 aromatic carbocycles. The fourth-order valence-corrected chi connectivity index (χ4v) is 3.86. The first kappa shape index (κ1) is 8.89.